The van der Waals surface area contributed by atoms with Crippen molar-refractivity contribution in [3.63, 3.8) is 0 Å². The highest BCUT2D eigenvalue weighted by Gasteiger charge is 2.58. The molecule has 0 aliphatic carbocycles. The molecule has 21 heteroatoms. The molecular weight excluding hydrogens is 773 g/mol. The number of ether oxygens (including phenoxy) is 3. The Labute approximate surface area is 325 Å². The summed E-state index contributed by atoms with van der Waals surface area (Å²) in [4.78, 5) is 29.7. The highest BCUT2D eigenvalue weighted by molar-refractivity contribution is 7.89. The van der Waals surface area contributed by atoms with E-state index in [1.807, 2.05) is 33.8 Å². The lowest BCUT2D eigenvalue weighted by atomic mass is 9.92. The molecule has 1 fully saturated rings. The van der Waals surface area contributed by atoms with Crippen molar-refractivity contribution >= 4 is 41.0 Å². The number of nitrogens with zero attached hydrogens (tertiary/aromatic N) is 5. The minimum atomic E-state index is -4.66. The Hall–Kier alpha value is -4.03. The van der Waals surface area contributed by atoms with Crippen molar-refractivity contribution in [3.8, 4) is 6.07 Å². The monoisotopic (exact) mass is 823 g/mol. The Morgan fingerprint density at radius 3 is 2.36 bits per heavy atom. The summed E-state index contributed by atoms with van der Waals surface area (Å²) in [6.45, 7) is 8.02. The molecule has 3 aromatic rings. The number of anilines is 1. The molecule has 19 nitrogen and oxygen atoms in total. The lowest BCUT2D eigenvalue weighted by molar-refractivity contribution is -0.146. The lowest BCUT2D eigenvalue weighted by Crippen LogP contribution is -2.41. The van der Waals surface area contributed by atoms with Crippen LogP contribution in [0.25, 0.3) is 5.52 Å². The van der Waals surface area contributed by atoms with E-state index in [0.717, 1.165) is 19.2 Å². The number of nitrogen functional groups attached to an aromatic ring is 1. The predicted octanol–water partition coefficient (Wildman–Crippen LogP) is 2.87. The minimum Gasteiger partial charge on any atom is -0.464 e. The molecule has 1 saturated heterocycles. The predicted molar refractivity (Wildman–Crippen MR) is 200 cm³/mol. The third-order valence-electron chi connectivity index (χ3n) is 9.30. The molecule has 0 bridgehead atoms. The zero-order valence-electron chi connectivity index (χ0n) is 31.9. The van der Waals surface area contributed by atoms with Crippen molar-refractivity contribution in [3.05, 3.63) is 54.0 Å². The van der Waals surface area contributed by atoms with Gasteiger partial charge in [-0.3, -0.25) is 13.8 Å². The van der Waals surface area contributed by atoms with Gasteiger partial charge in [0.2, 0.25) is 22.4 Å². The molecule has 6 atom stereocenters. The molecule has 56 heavy (non-hydrogen) atoms. The van der Waals surface area contributed by atoms with Gasteiger partial charge in [0.05, 0.1) is 29.4 Å². The summed E-state index contributed by atoms with van der Waals surface area (Å²) < 4.78 is 70.4. The molecule has 0 radical (unpaired) electrons. The first kappa shape index (κ1) is 44.7. The van der Waals surface area contributed by atoms with Gasteiger partial charge in [0.25, 0.3) is 0 Å². The number of aliphatic hydroxyl groups is 2. The largest absolute Gasteiger partial charge is 0.464 e. The summed E-state index contributed by atoms with van der Waals surface area (Å²) in [6, 6.07) is 8.60. The Kier molecular flexibility index (Phi) is 15.5. The van der Waals surface area contributed by atoms with Gasteiger partial charge in [0, 0.05) is 13.1 Å². The topological polar surface area (TPSA) is 267 Å². The molecule has 1 aromatic carbocycles. The number of nitrogens with one attached hydrogen (secondary N) is 1. The number of sulfonamides is 1. The first-order valence-corrected chi connectivity index (χ1v) is 21.2. The second-order valence-corrected chi connectivity index (χ2v) is 16.9. The smallest absolute Gasteiger partial charge is 0.409 e. The molecule has 1 aliphatic heterocycles. The van der Waals surface area contributed by atoms with Crippen LogP contribution in [0.4, 0.5) is 5.82 Å². The maximum absolute atomic E-state index is 14.1. The average molecular weight is 824 g/mol. The highest BCUT2D eigenvalue weighted by atomic mass is 32.2. The average Bonchev–Trinajstić information content (AvgIpc) is 3.73. The van der Waals surface area contributed by atoms with E-state index in [-0.39, 0.29) is 34.5 Å². The fourth-order valence-electron chi connectivity index (χ4n) is 5.97. The molecule has 0 spiro atoms. The number of hydrogen-bond acceptors (Lipinski definition) is 16. The minimum absolute atomic E-state index is 0.0104. The fraction of sp³-hybridized carbons (Fsp3) is 0.571. The normalized spacial score (nSPS) is 21.5. The summed E-state index contributed by atoms with van der Waals surface area (Å²) in [5.41, 5.74) is 4.00. The number of carbonyl (C=O) groups excluding carboxylic acids is 2. The summed E-state index contributed by atoms with van der Waals surface area (Å²) in [5, 5.41) is 38.9. The molecule has 3 heterocycles. The van der Waals surface area contributed by atoms with Crippen LogP contribution in [0.15, 0.2) is 47.6 Å². The van der Waals surface area contributed by atoms with Gasteiger partial charge in [-0.25, -0.2) is 32.4 Å². The van der Waals surface area contributed by atoms with Crippen molar-refractivity contribution in [1.82, 2.24) is 24.0 Å². The van der Waals surface area contributed by atoms with Gasteiger partial charge in [-0.1, -0.05) is 40.5 Å². The quantitative estimate of drug-likeness (QED) is 0.0683. The second kappa shape index (κ2) is 19.4. The Morgan fingerprint density at radius 2 is 1.75 bits per heavy atom. The third kappa shape index (κ3) is 9.91. The SMILES string of the molecule is CCCN(CCC)S(=O)(=O)c1ccc(C(=O)OCO[P@](=O)(N[C@@H](C)C(=O)OCC(CC)CC)OC[C@H]2O[C@@](C#N)(c3ccc4c(N)ncnn34)[C@H](O)[C@@H]2O)cc1. The number of benzene rings is 1. The Bertz CT molecular complexity index is 2000. The van der Waals surface area contributed by atoms with Gasteiger partial charge in [0.1, 0.15) is 42.3 Å². The van der Waals surface area contributed by atoms with Gasteiger partial charge >= 0.3 is 19.7 Å². The molecule has 2 aromatic heterocycles. The number of nitriles is 1. The maximum Gasteiger partial charge on any atom is 0.409 e. The highest BCUT2D eigenvalue weighted by Crippen LogP contribution is 2.47. The second-order valence-electron chi connectivity index (χ2n) is 13.2. The number of carbonyl (C=O) groups is 2. The first-order valence-electron chi connectivity index (χ1n) is 18.3. The molecule has 1 aliphatic rings. The molecule has 5 N–H and O–H groups in total. The van der Waals surface area contributed by atoms with Crippen molar-refractivity contribution in [2.75, 3.05) is 38.8 Å². The zero-order valence-corrected chi connectivity index (χ0v) is 33.6. The van der Waals surface area contributed by atoms with E-state index in [4.69, 9.17) is 29.0 Å². The number of fused-ring (bicyclic) bond motifs is 1. The van der Waals surface area contributed by atoms with E-state index in [9.17, 15) is 38.0 Å². The summed E-state index contributed by atoms with van der Waals surface area (Å²) in [7, 11) is -8.46. The van der Waals surface area contributed by atoms with Crippen molar-refractivity contribution in [2.24, 2.45) is 5.92 Å². The molecule has 4 rings (SSSR count). The number of nitrogens with two attached hydrogens (primary N) is 1. The van der Waals surface area contributed by atoms with Crippen molar-refractivity contribution < 1.29 is 56.0 Å². The zero-order chi connectivity index (χ0) is 41.3. The molecule has 308 valence electrons. The van der Waals surface area contributed by atoms with E-state index < -0.39 is 73.1 Å². The number of rotatable bonds is 21. The van der Waals surface area contributed by atoms with Crippen molar-refractivity contribution in [1.29, 1.82) is 5.26 Å². The Morgan fingerprint density at radius 1 is 1.09 bits per heavy atom. The fourth-order valence-corrected chi connectivity index (χ4v) is 8.93. The van der Waals surface area contributed by atoms with Gasteiger partial charge in [-0.15, -0.1) is 0 Å². The maximum atomic E-state index is 14.1. The van der Waals surface area contributed by atoms with Crippen molar-refractivity contribution in [2.45, 2.75) is 95.2 Å². The van der Waals surface area contributed by atoms with Gasteiger partial charge in [0.15, 0.2) is 5.82 Å². The van der Waals surface area contributed by atoms with Crippen LogP contribution in [0.5, 0.6) is 0 Å². The number of esters is 2. The van der Waals surface area contributed by atoms with Crippen LogP contribution >= 0.6 is 7.75 Å². The third-order valence-corrected chi connectivity index (χ3v) is 12.9. The number of aromatic nitrogens is 3. The number of aliphatic hydroxyl groups excluding tert-OH is 2. The Balaban J connectivity index is 1.49. The van der Waals surface area contributed by atoms with Crippen LogP contribution < -0.4 is 10.8 Å². The van der Waals surface area contributed by atoms with Gasteiger partial charge in [-0.2, -0.15) is 14.7 Å². The summed E-state index contributed by atoms with van der Waals surface area (Å²) in [6.07, 6.45) is -1.22. The molecule has 0 amide bonds. The standard InChI is InChI=1S/C35H50N7O12PS/c1-6-16-41(17-7-2)56(48,49)26-12-10-25(11-13-26)34(46)51-22-53-55(47,40-23(5)33(45)50-18-24(8-3)9-4)52-19-28-30(43)31(44)35(20-36,54-28)29-15-14-27-32(37)38-21-39-42(27)29/h10-15,21,23-24,28,30-31,43-44H,6-9,16-19,22H2,1-5H3,(H,40,47)(H2,37,38,39)/t23-,28+,30+,31+,35-,55-/m0/s1. The van der Waals surface area contributed by atoms with E-state index in [1.165, 1.54) is 52.1 Å². The molecule has 0 saturated carbocycles. The van der Waals surface area contributed by atoms with Crippen LogP contribution in [-0.4, -0.2) is 107 Å². The molecule has 0 unspecified atom stereocenters. The van der Waals surface area contributed by atoms with E-state index in [0.29, 0.717) is 31.4 Å². The summed E-state index contributed by atoms with van der Waals surface area (Å²) >= 11 is 0. The van der Waals surface area contributed by atoms with Gasteiger partial charge in [-0.05, 0) is 62.1 Å². The van der Waals surface area contributed by atoms with E-state index in [2.05, 4.69) is 15.2 Å². The summed E-state index contributed by atoms with van der Waals surface area (Å²) in [5.74, 6) is -1.57. The molecular formula is C35H50N7O12PS. The van der Waals surface area contributed by atoms with Crippen LogP contribution in [0.3, 0.4) is 0 Å². The first-order chi connectivity index (χ1) is 26.6. The number of hydrogen-bond donors (Lipinski definition) is 4. The van der Waals surface area contributed by atoms with Gasteiger partial charge < -0.3 is 30.2 Å². The van der Waals surface area contributed by atoms with E-state index in [1.54, 1.807) is 0 Å². The lowest BCUT2D eigenvalue weighted by Gasteiger charge is -2.25. The van der Waals surface area contributed by atoms with E-state index >= 15 is 0 Å². The van der Waals surface area contributed by atoms with Crippen LogP contribution in [0, 0.1) is 17.2 Å². The van der Waals surface area contributed by atoms with Crippen LogP contribution in [0.2, 0.25) is 0 Å². The van der Waals surface area contributed by atoms with Crippen LogP contribution in [0.1, 0.15) is 76.4 Å². The van der Waals surface area contributed by atoms with Crippen LogP contribution in [-0.2, 0) is 48.2 Å².